The molecule has 0 heterocycles. The molecule has 0 spiro atoms. The predicted molar refractivity (Wildman–Crippen MR) is 87.8 cm³/mol. The van der Waals surface area contributed by atoms with Crippen molar-refractivity contribution in [3.05, 3.63) is 24.3 Å². The summed E-state index contributed by atoms with van der Waals surface area (Å²) in [6.07, 6.45) is 3.07. The van der Waals surface area contributed by atoms with E-state index in [1.165, 1.54) is 18.4 Å². The van der Waals surface area contributed by atoms with E-state index >= 15 is 0 Å². The van der Waals surface area contributed by atoms with Gasteiger partial charge >= 0.3 is 0 Å². The Kier molecular flexibility index (Phi) is 7.03. The van der Waals surface area contributed by atoms with Crippen molar-refractivity contribution in [3.63, 3.8) is 0 Å². The highest BCUT2D eigenvalue weighted by Crippen LogP contribution is 2.18. The van der Waals surface area contributed by atoms with Gasteiger partial charge in [0.2, 0.25) is 0 Å². The Bertz CT molecular complexity index is 567. The summed E-state index contributed by atoms with van der Waals surface area (Å²) in [6, 6.07) is 6.65. The van der Waals surface area contributed by atoms with Crippen molar-refractivity contribution in [2.45, 2.75) is 54.7 Å². The van der Waals surface area contributed by atoms with Crippen LogP contribution in [-0.2, 0) is 20.6 Å². The van der Waals surface area contributed by atoms with E-state index in [9.17, 15) is 12.6 Å². The van der Waals surface area contributed by atoms with Crippen molar-refractivity contribution in [2.75, 3.05) is 12.8 Å². The minimum Gasteiger partial charge on any atom is -0.314 e. The molecule has 0 fully saturated rings. The van der Waals surface area contributed by atoms with Gasteiger partial charge in [-0.3, -0.25) is 4.21 Å². The molecule has 0 saturated carbocycles. The first kappa shape index (κ1) is 18.3. The highest BCUT2D eigenvalue weighted by Gasteiger charge is 2.17. The van der Waals surface area contributed by atoms with Gasteiger partial charge in [0.1, 0.15) is 0 Å². The fraction of sp³-hybridized carbons (Fsp3) is 0.600. The third kappa shape index (κ3) is 5.88. The number of hydrogen-bond acceptors (Lipinski definition) is 4. The molecule has 6 heteroatoms. The smallest absolute Gasteiger partial charge is 0.175 e. The van der Waals surface area contributed by atoms with Gasteiger partial charge in [0, 0.05) is 22.4 Å². The molecular formula is C15H25NO3S2. The fourth-order valence-electron chi connectivity index (χ4n) is 2.11. The molecule has 0 aromatic heterocycles. The van der Waals surface area contributed by atoms with E-state index < -0.39 is 20.6 Å². The summed E-state index contributed by atoms with van der Waals surface area (Å²) in [5.41, 5.74) is 0. The van der Waals surface area contributed by atoms with Crippen molar-refractivity contribution in [1.29, 1.82) is 0 Å². The molecule has 0 radical (unpaired) electrons. The third-order valence-corrected chi connectivity index (χ3v) is 6.07. The number of sulfone groups is 1. The van der Waals surface area contributed by atoms with E-state index in [0.29, 0.717) is 10.9 Å². The molecule has 1 rings (SSSR count). The van der Waals surface area contributed by atoms with Crippen LogP contribution in [0.4, 0.5) is 0 Å². The van der Waals surface area contributed by atoms with Crippen LogP contribution < -0.4 is 5.32 Å². The quantitative estimate of drug-likeness (QED) is 0.794. The van der Waals surface area contributed by atoms with Crippen molar-refractivity contribution in [3.8, 4) is 0 Å². The molecular weight excluding hydrogens is 306 g/mol. The van der Waals surface area contributed by atoms with E-state index in [1.807, 2.05) is 6.92 Å². The SMILES string of the molecule is CCCNC(C)CC(C)S(=O)c1ccc(S(C)(=O)=O)cc1. The van der Waals surface area contributed by atoms with Crippen LogP contribution in [0.2, 0.25) is 0 Å². The van der Waals surface area contributed by atoms with Crippen LogP contribution >= 0.6 is 0 Å². The predicted octanol–water partition coefficient (Wildman–Crippen LogP) is 2.36. The molecule has 120 valence electrons. The van der Waals surface area contributed by atoms with Gasteiger partial charge in [-0.25, -0.2) is 8.42 Å². The average molecular weight is 332 g/mol. The monoisotopic (exact) mass is 331 g/mol. The van der Waals surface area contributed by atoms with Crippen LogP contribution in [0.25, 0.3) is 0 Å². The molecule has 3 atom stereocenters. The maximum atomic E-state index is 12.4. The van der Waals surface area contributed by atoms with Gasteiger partial charge in [-0.1, -0.05) is 13.8 Å². The summed E-state index contributed by atoms with van der Waals surface area (Å²) in [5.74, 6) is 0. The number of hydrogen-bond donors (Lipinski definition) is 1. The first-order valence-electron chi connectivity index (χ1n) is 7.19. The standard InChI is InChI=1S/C15H25NO3S2/c1-5-10-16-12(2)11-13(3)20(17)14-6-8-15(9-7-14)21(4,18)19/h6-9,12-13,16H,5,10-11H2,1-4H3. The summed E-state index contributed by atoms with van der Waals surface area (Å²) in [7, 11) is -4.33. The third-order valence-electron chi connectivity index (χ3n) is 3.28. The summed E-state index contributed by atoms with van der Waals surface area (Å²) in [5, 5.41) is 3.41. The first-order valence-corrected chi connectivity index (χ1v) is 10.3. The summed E-state index contributed by atoms with van der Waals surface area (Å²) in [6.45, 7) is 7.13. The van der Waals surface area contributed by atoms with E-state index in [0.717, 1.165) is 19.4 Å². The molecule has 0 amide bonds. The van der Waals surface area contributed by atoms with Crippen molar-refractivity contribution >= 4 is 20.6 Å². The Labute approximate surface area is 130 Å². The fourth-order valence-corrected chi connectivity index (χ4v) is 4.08. The van der Waals surface area contributed by atoms with Crippen molar-refractivity contribution < 1.29 is 12.6 Å². The Morgan fingerprint density at radius 2 is 1.76 bits per heavy atom. The molecule has 0 aliphatic rings. The van der Waals surface area contributed by atoms with Gasteiger partial charge in [-0.05, 0) is 50.6 Å². The zero-order chi connectivity index (χ0) is 16.0. The highest BCUT2D eigenvalue weighted by molar-refractivity contribution is 7.90. The highest BCUT2D eigenvalue weighted by atomic mass is 32.2. The molecule has 4 nitrogen and oxygen atoms in total. The van der Waals surface area contributed by atoms with Gasteiger partial charge in [0.05, 0.1) is 15.7 Å². The lowest BCUT2D eigenvalue weighted by atomic mass is 10.2. The molecule has 0 bridgehead atoms. The van der Waals surface area contributed by atoms with Gasteiger partial charge in [0.15, 0.2) is 9.84 Å². The van der Waals surface area contributed by atoms with Gasteiger partial charge in [-0.15, -0.1) is 0 Å². The van der Waals surface area contributed by atoms with Crippen LogP contribution in [-0.4, -0.2) is 36.7 Å². The normalized spacial score (nSPS) is 16.4. The number of benzene rings is 1. The Morgan fingerprint density at radius 1 is 1.19 bits per heavy atom. The molecule has 0 saturated heterocycles. The van der Waals surface area contributed by atoms with Gasteiger partial charge in [-0.2, -0.15) is 0 Å². The summed E-state index contributed by atoms with van der Waals surface area (Å²) >= 11 is 0. The molecule has 3 unspecified atom stereocenters. The van der Waals surface area contributed by atoms with Crippen LogP contribution in [0.1, 0.15) is 33.6 Å². The molecule has 1 N–H and O–H groups in total. The van der Waals surface area contributed by atoms with Crippen LogP contribution in [0.3, 0.4) is 0 Å². The zero-order valence-corrected chi connectivity index (χ0v) is 14.8. The van der Waals surface area contributed by atoms with Crippen LogP contribution in [0, 0.1) is 0 Å². The van der Waals surface area contributed by atoms with Crippen molar-refractivity contribution in [2.24, 2.45) is 0 Å². The summed E-state index contributed by atoms with van der Waals surface area (Å²) < 4.78 is 35.3. The lowest BCUT2D eigenvalue weighted by Gasteiger charge is -2.18. The molecule has 0 aliphatic heterocycles. The van der Waals surface area contributed by atoms with Gasteiger partial charge in [0.25, 0.3) is 0 Å². The second-order valence-electron chi connectivity index (χ2n) is 5.44. The van der Waals surface area contributed by atoms with E-state index in [-0.39, 0.29) is 10.1 Å². The molecule has 1 aromatic carbocycles. The number of nitrogens with one attached hydrogen (secondary N) is 1. The average Bonchev–Trinajstić information content (AvgIpc) is 2.43. The minimum absolute atomic E-state index is 0.0217. The van der Waals surface area contributed by atoms with E-state index in [1.54, 1.807) is 12.1 Å². The van der Waals surface area contributed by atoms with Crippen molar-refractivity contribution in [1.82, 2.24) is 5.32 Å². The lowest BCUT2D eigenvalue weighted by molar-refractivity contribution is 0.508. The zero-order valence-electron chi connectivity index (χ0n) is 13.1. The van der Waals surface area contributed by atoms with Crippen LogP contribution in [0.15, 0.2) is 34.1 Å². The lowest BCUT2D eigenvalue weighted by Crippen LogP contribution is -2.31. The Balaban J connectivity index is 2.70. The second-order valence-corrected chi connectivity index (χ2v) is 9.33. The Hall–Kier alpha value is -0.720. The largest absolute Gasteiger partial charge is 0.314 e. The Morgan fingerprint density at radius 3 is 2.24 bits per heavy atom. The van der Waals surface area contributed by atoms with Crippen LogP contribution in [0.5, 0.6) is 0 Å². The first-order chi connectivity index (χ1) is 9.75. The van der Waals surface area contributed by atoms with E-state index in [2.05, 4.69) is 19.2 Å². The van der Waals surface area contributed by atoms with E-state index in [4.69, 9.17) is 0 Å². The molecule has 1 aromatic rings. The maximum absolute atomic E-state index is 12.4. The second kappa shape index (κ2) is 8.06. The summed E-state index contributed by atoms with van der Waals surface area (Å²) in [4.78, 5) is 0.937. The number of rotatable bonds is 8. The maximum Gasteiger partial charge on any atom is 0.175 e. The molecule has 0 aliphatic carbocycles. The topological polar surface area (TPSA) is 63.2 Å². The van der Waals surface area contributed by atoms with Gasteiger partial charge < -0.3 is 5.32 Å². The minimum atomic E-state index is -3.20. The molecule has 21 heavy (non-hydrogen) atoms.